The molecule has 0 aromatic rings. The number of carbonyl (C=O) groups excluding carboxylic acids is 2. The van der Waals surface area contributed by atoms with Crippen LogP contribution in [0.1, 0.15) is 40.5 Å². The van der Waals surface area contributed by atoms with Gasteiger partial charge in [0.1, 0.15) is 12.2 Å². The molecule has 1 saturated carbocycles. The molecule has 4 heteroatoms. The van der Waals surface area contributed by atoms with Crippen molar-refractivity contribution >= 4 is 11.9 Å². The van der Waals surface area contributed by atoms with Gasteiger partial charge in [-0.15, -0.1) is 0 Å². The van der Waals surface area contributed by atoms with Crippen molar-refractivity contribution in [3.8, 4) is 0 Å². The average molecular weight is 330 g/mol. The number of hydrogen-bond donors (Lipinski definition) is 0. The van der Waals surface area contributed by atoms with Crippen molar-refractivity contribution < 1.29 is 19.1 Å². The van der Waals surface area contributed by atoms with Gasteiger partial charge in [-0.3, -0.25) is 4.79 Å². The number of esters is 2. The summed E-state index contributed by atoms with van der Waals surface area (Å²) in [7, 11) is 0. The van der Waals surface area contributed by atoms with E-state index in [1.807, 2.05) is 26.0 Å². The minimum atomic E-state index is -0.328. The Kier molecular flexibility index (Phi) is 4.18. The minimum Gasteiger partial charge on any atom is -0.461 e. The summed E-state index contributed by atoms with van der Waals surface area (Å²) in [6.45, 7) is 11.8. The maximum absolute atomic E-state index is 12.2. The van der Waals surface area contributed by atoms with Gasteiger partial charge < -0.3 is 9.47 Å². The second kappa shape index (κ2) is 5.91. The van der Waals surface area contributed by atoms with Crippen LogP contribution in [0.4, 0.5) is 0 Å². The van der Waals surface area contributed by atoms with Crippen LogP contribution in [0.2, 0.25) is 0 Å². The standard InChI is InChI=1S/C20H26O4/c1-6-11(2)18(21)23-15-8-7-12(3)16-17-14(9-10-20(15,16)5)13(4)19(22)24-17/h6-8,13-17H,3,9-10H2,1-2,4-5H3/t13-,14+,15-,16?,17-,20-/m1/s1. The quantitative estimate of drug-likeness (QED) is 0.573. The summed E-state index contributed by atoms with van der Waals surface area (Å²) in [5.41, 5.74) is 1.27. The Hall–Kier alpha value is -1.84. The number of fused-ring (bicyclic) bond motifs is 3. The van der Waals surface area contributed by atoms with Crippen molar-refractivity contribution in [1.29, 1.82) is 0 Å². The van der Waals surface area contributed by atoms with E-state index in [1.54, 1.807) is 13.0 Å². The van der Waals surface area contributed by atoms with Gasteiger partial charge in [-0.05, 0) is 38.3 Å². The largest absolute Gasteiger partial charge is 0.461 e. The molecule has 6 atom stereocenters. The van der Waals surface area contributed by atoms with E-state index in [9.17, 15) is 9.59 Å². The van der Waals surface area contributed by atoms with Crippen molar-refractivity contribution in [1.82, 2.24) is 0 Å². The van der Waals surface area contributed by atoms with Crippen LogP contribution in [-0.4, -0.2) is 24.1 Å². The van der Waals surface area contributed by atoms with Crippen LogP contribution in [-0.2, 0) is 19.1 Å². The lowest BCUT2D eigenvalue weighted by Gasteiger charge is -2.51. The summed E-state index contributed by atoms with van der Waals surface area (Å²) in [6, 6.07) is 0. The lowest BCUT2D eigenvalue weighted by Crippen LogP contribution is -2.53. The summed E-state index contributed by atoms with van der Waals surface area (Å²) in [6.07, 6.45) is 6.91. The highest BCUT2D eigenvalue weighted by Gasteiger charge is 2.59. The Morgan fingerprint density at radius 2 is 2.21 bits per heavy atom. The summed E-state index contributed by atoms with van der Waals surface area (Å²) in [5.74, 6) is -0.246. The molecule has 130 valence electrons. The van der Waals surface area contributed by atoms with Crippen molar-refractivity contribution in [2.75, 3.05) is 0 Å². The van der Waals surface area contributed by atoms with Crippen LogP contribution in [0.5, 0.6) is 0 Å². The molecule has 2 aliphatic carbocycles. The zero-order valence-corrected chi connectivity index (χ0v) is 14.9. The second-order valence-corrected chi connectivity index (χ2v) is 7.61. The SMILES string of the molecule is C=C1C=C[C@@H](OC(=O)C(C)=CC)[C@@]2(C)CC[C@H]3[C@@H](C)C(=O)O[C@H]3C12. The predicted molar refractivity (Wildman–Crippen MR) is 91.0 cm³/mol. The Labute approximate surface area is 143 Å². The zero-order valence-electron chi connectivity index (χ0n) is 14.9. The molecule has 1 aliphatic heterocycles. The van der Waals surface area contributed by atoms with Crippen LogP contribution >= 0.6 is 0 Å². The third kappa shape index (κ3) is 2.43. The Bertz CT molecular complexity index is 644. The molecule has 24 heavy (non-hydrogen) atoms. The van der Waals surface area contributed by atoms with Crippen molar-refractivity contribution in [3.63, 3.8) is 0 Å². The van der Waals surface area contributed by atoms with E-state index in [-0.39, 0.29) is 47.3 Å². The molecule has 0 spiro atoms. The molecular weight excluding hydrogens is 304 g/mol. The fourth-order valence-corrected chi connectivity index (χ4v) is 4.51. The Morgan fingerprint density at radius 1 is 1.50 bits per heavy atom. The van der Waals surface area contributed by atoms with Crippen LogP contribution in [0.15, 0.2) is 36.0 Å². The van der Waals surface area contributed by atoms with Gasteiger partial charge in [0.2, 0.25) is 0 Å². The molecule has 0 amide bonds. The molecule has 1 heterocycles. The summed E-state index contributed by atoms with van der Waals surface area (Å²) in [5, 5.41) is 0. The normalized spacial score (nSPS) is 41.5. The molecule has 1 saturated heterocycles. The van der Waals surface area contributed by atoms with Crippen molar-refractivity contribution in [2.24, 2.45) is 23.2 Å². The van der Waals surface area contributed by atoms with E-state index in [0.29, 0.717) is 5.57 Å². The van der Waals surface area contributed by atoms with Crippen LogP contribution in [0.25, 0.3) is 0 Å². The van der Waals surface area contributed by atoms with E-state index in [2.05, 4.69) is 13.5 Å². The lowest BCUT2D eigenvalue weighted by molar-refractivity contribution is -0.160. The van der Waals surface area contributed by atoms with Crippen molar-refractivity contribution in [3.05, 3.63) is 36.0 Å². The molecule has 2 fully saturated rings. The van der Waals surface area contributed by atoms with Gasteiger partial charge >= 0.3 is 11.9 Å². The number of rotatable bonds is 2. The third-order valence-corrected chi connectivity index (χ3v) is 6.27. The third-order valence-electron chi connectivity index (χ3n) is 6.27. The van der Waals surface area contributed by atoms with Gasteiger partial charge in [0.25, 0.3) is 0 Å². The van der Waals surface area contributed by atoms with E-state index in [4.69, 9.17) is 9.47 Å². The van der Waals surface area contributed by atoms with Gasteiger partial charge in [-0.1, -0.05) is 32.6 Å². The van der Waals surface area contributed by atoms with Crippen molar-refractivity contribution in [2.45, 2.75) is 52.7 Å². The van der Waals surface area contributed by atoms with Crippen LogP contribution in [0, 0.1) is 23.2 Å². The first-order chi connectivity index (χ1) is 11.3. The Morgan fingerprint density at radius 3 is 2.88 bits per heavy atom. The van der Waals surface area contributed by atoms with E-state index < -0.39 is 0 Å². The molecule has 4 nitrogen and oxygen atoms in total. The maximum Gasteiger partial charge on any atom is 0.333 e. The first-order valence-electron chi connectivity index (χ1n) is 8.71. The van der Waals surface area contributed by atoms with Gasteiger partial charge in [0.05, 0.1) is 5.92 Å². The molecule has 0 bridgehead atoms. The number of hydrogen-bond acceptors (Lipinski definition) is 4. The summed E-state index contributed by atoms with van der Waals surface area (Å²) >= 11 is 0. The molecule has 0 aromatic heterocycles. The van der Waals surface area contributed by atoms with Crippen LogP contribution in [0.3, 0.4) is 0 Å². The van der Waals surface area contributed by atoms with Gasteiger partial charge in [0, 0.05) is 22.8 Å². The monoisotopic (exact) mass is 330 g/mol. The molecule has 3 rings (SSSR count). The Balaban J connectivity index is 1.91. The van der Waals surface area contributed by atoms with Gasteiger partial charge in [-0.25, -0.2) is 4.79 Å². The molecule has 1 unspecified atom stereocenters. The second-order valence-electron chi connectivity index (χ2n) is 7.61. The highest BCUT2D eigenvalue weighted by atomic mass is 16.6. The van der Waals surface area contributed by atoms with E-state index in [0.717, 1.165) is 18.4 Å². The minimum absolute atomic E-state index is 0.00105. The summed E-state index contributed by atoms with van der Waals surface area (Å²) in [4.78, 5) is 24.3. The zero-order chi connectivity index (χ0) is 17.6. The fourth-order valence-electron chi connectivity index (χ4n) is 4.51. The van der Waals surface area contributed by atoms with Crippen LogP contribution < -0.4 is 0 Å². The predicted octanol–water partition coefficient (Wildman–Crippen LogP) is 3.58. The molecular formula is C20H26O4. The lowest BCUT2D eigenvalue weighted by atomic mass is 9.55. The molecule has 0 radical (unpaired) electrons. The first kappa shape index (κ1) is 17.0. The summed E-state index contributed by atoms with van der Waals surface area (Å²) < 4.78 is 11.5. The number of ether oxygens (including phenoxy) is 2. The smallest absolute Gasteiger partial charge is 0.333 e. The molecule has 0 N–H and O–H groups in total. The van der Waals surface area contributed by atoms with E-state index in [1.165, 1.54) is 0 Å². The average Bonchev–Trinajstić information content (AvgIpc) is 2.83. The first-order valence-corrected chi connectivity index (χ1v) is 8.71. The topological polar surface area (TPSA) is 52.6 Å². The number of carbonyl (C=O) groups is 2. The van der Waals surface area contributed by atoms with E-state index >= 15 is 0 Å². The molecule has 3 aliphatic rings. The fraction of sp³-hybridized carbons (Fsp3) is 0.600. The van der Waals surface area contributed by atoms with Gasteiger partial charge in [-0.2, -0.15) is 0 Å². The highest BCUT2D eigenvalue weighted by molar-refractivity contribution is 5.87. The maximum atomic E-state index is 12.2. The molecule has 0 aromatic carbocycles. The number of allylic oxidation sites excluding steroid dienone is 2. The van der Waals surface area contributed by atoms with Gasteiger partial charge in [0.15, 0.2) is 0 Å². The highest BCUT2D eigenvalue weighted by Crippen LogP contribution is 2.56.